The van der Waals surface area contributed by atoms with Gasteiger partial charge in [-0.2, -0.15) is 0 Å². The van der Waals surface area contributed by atoms with E-state index in [2.05, 4.69) is 37.9 Å². The molecule has 4 heteroatoms. The third kappa shape index (κ3) is 8.16. The SMILES string of the molecule is CCOC(=O)CCNCCN(C(C)C)C(C)C. The van der Waals surface area contributed by atoms with Crippen molar-refractivity contribution in [2.75, 3.05) is 26.2 Å². The van der Waals surface area contributed by atoms with Crippen LogP contribution in [0.15, 0.2) is 0 Å². The molecule has 0 rings (SSSR count). The quantitative estimate of drug-likeness (QED) is 0.494. The lowest BCUT2D eigenvalue weighted by Crippen LogP contribution is -2.41. The number of esters is 1. The Morgan fingerprint density at radius 3 is 2.24 bits per heavy atom. The van der Waals surface area contributed by atoms with Crippen molar-refractivity contribution in [1.82, 2.24) is 10.2 Å². The molecule has 0 saturated heterocycles. The van der Waals surface area contributed by atoms with Crippen molar-refractivity contribution < 1.29 is 9.53 Å². The van der Waals surface area contributed by atoms with Crippen LogP contribution in [-0.2, 0) is 9.53 Å². The van der Waals surface area contributed by atoms with Crippen molar-refractivity contribution in [3.8, 4) is 0 Å². The fourth-order valence-corrected chi connectivity index (χ4v) is 1.87. The van der Waals surface area contributed by atoms with E-state index >= 15 is 0 Å². The molecule has 0 saturated carbocycles. The first-order chi connectivity index (χ1) is 7.99. The number of carbonyl (C=O) groups excluding carboxylic acids is 1. The van der Waals surface area contributed by atoms with Crippen LogP contribution in [0.4, 0.5) is 0 Å². The standard InChI is InChI=1S/C13H28N2O2/c1-6-17-13(16)7-8-14-9-10-15(11(2)3)12(4)5/h11-12,14H,6-10H2,1-5H3. The predicted molar refractivity (Wildman–Crippen MR) is 71.1 cm³/mol. The smallest absolute Gasteiger partial charge is 0.307 e. The van der Waals surface area contributed by atoms with Gasteiger partial charge in [0.1, 0.15) is 0 Å². The van der Waals surface area contributed by atoms with Gasteiger partial charge in [-0.25, -0.2) is 0 Å². The third-order valence-electron chi connectivity index (χ3n) is 2.68. The zero-order valence-electron chi connectivity index (χ0n) is 12.0. The lowest BCUT2D eigenvalue weighted by Gasteiger charge is -2.30. The molecule has 0 fully saturated rings. The Morgan fingerprint density at radius 1 is 1.18 bits per heavy atom. The second-order valence-electron chi connectivity index (χ2n) is 4.73. The molecule has 0 aliphatic rings. The average molecular weight is 244 g/mol. The number of nitrogens with one attached hydrogen (secondary N) is 1. The topological polar surface area (TPSA) is 41.6 Å². The first-order valence-corrected chi connectivity index (χ1v) is 6.61. The van der Waals surface area contributed by atoms with E-state index in [-0.39, 0.29) is 5.97 Å². The van der Waals surface area contributed by atoms with Crippen LogP contribution in [0.2, 0.25) is 0 Å². The number of hydrogen-bond donors (Lipinski definition) is 1. The van der Waals surface area contributed by atoms with Crippen LogP contribution in [0.3, 0.4) is 0 Å². The summed E-state index contributed by atoms with van der Waals surface area (Å²) in [6.07, 6.45) is 0.456. The Kier molecular flexibility index (Phi) is 9.09. The summed E-state index contributed by atoms with van der Waals surface area (Å²) in [5, 5.41) is 3.27. The van der Waals surface area contributed by atoms with Crippen molar-refractivity contribution >= 4 is 5.97 Å². The van der Waals surface area contributed by atoms with Gasteiger partial charge in [0.15, 0.2) is 0 Å². The summed E-state index contributed by atoms with van der Waals surface area (Å²) in [5.41, 5.74) is 0. The number of nitrogens with zero attached hydrogens (tertiary/aromatic N) is 1. The van der Waals surface area contributed by atoms with Crippen LogP contribution in [0.25, 0.3) is 0 Å². The van der Waals surface area contributed by atoms with Gasteiger partial charge in [0.25, 0.3) is 0 Å². The Labute approximate surface area is 106 Å². The molecular formula is C13H28N2O2. The molecule has 0 spiro atoms. The average Bonchev–Trinajstić information content (AvgIpc) is 2.22. The van der Waals surface area contributed by atoms with E-state index in [9.17, 15) is 4.79 Å². The van der Waals surface area contributed by atoms with Gasteiger partial charge < -0.3 is 10.1 Å². The lowest BCUT2D eigenvalue weighted by atomic mass is 10.2. The Balaban J connectivity index is 3.59. The molecule has 0 heterocycles. The molecule has 0 amide bonds. The Hall–Kier alpha value is -0.610. The lowest BCUT2D eigenvalue weighted by molar-refractivity contribution is -0.142. The molecule has 17 heavy (non-hydrogen) atoms. The summed E-state index contributed by atoms with van der Waals surface area (Å²) in [6, 6.07) is 1.11. The van der Waals surface area contributed by atoms with Crippen LogP contribution in [0, 0.1) is 0 Å². The van der Waals surface area contributed by atoms with Gasteiger partial charge in [-0.1, -0.05) is 0 Å². The molecule has 0 unspecified atom stereocenters. The Bertz CT molecular complexity index is 198. The molecule has 0 atom stereocenters. The van der Waals surface area contributed by atoms with E-state index in [1.54, 1.807) is 0 Å². The van der Waals surface area contributed by atoms with E-state index in [1.165, 1.54) is 0 Å². The molecule has 102 valence electrons. The first kappa shape index (κ1) is 16.4. The van der Waals surface area contributed by atoms with E-state index < -0.39 is 0 Å². The summed E-state index contributed by atoms with van der Waals surface area (Å²) < 4.78 is 4.86. The Morgan fingerprint density at radius 2 is 1.76 bits per heavy atom. The second-order valence-corrected chi connectivity index (χ2v) is 4.73. The highest BCUT2D eigenvalue weighted by atomic mass is 16.5. The second kappa shape index (κ2) is 9.42. The fourth-order valence-electron chi connectivity index (χ4n) is 1.87. The fraction of sp³-hybridized carbons (Fsp3) is 0.923. The molecular weight excluding hydrogens is 216 g/mol. The molecule has 0 bridgehead atoms. The number of carbonyl (C=O) groups is 1. The first-order valence-electron chi connectivity index (χ1n) is 6.61. The molecule has 1 N–H and O–H groups in total. The van der Waals surface area contributed by atoms with Crippen molar-refractivity contribution in [2.24, 2.45) is 0 Å². The monoisotopic (exact) mass is 244 g/mol. The highest BCUT2D eigenvalue weighted by Crippen LogP contribution is 2.03. The summed E-state index contributed by atoms with van der Waals surface area (Å²) in [5.74, 6) is -0.121. The minimum Gasteiger partial charge on any atom is -0.466 e. The van der Waals surface area contributed by atoms with Crippen LogP contribution >= 0.6 is 0 Å². The number of hydrogen-bond acceptors (Lipinski definition) is 4. The summed E-state index contributed by atoms with van der Waals surface area (Å²) in [6.45, 7) is 13.7. The normalized spacial score (nSPS) is 11.5. The molecule has 0 radical (unpaired) electrons. The van der Waals surface area contributed by atoms with E-state index in [0.717, 1.165) is 13.1 Å². The predicted octanol–water partition coefficient (Wildman–Crippen LogP) is 1.65. The minimum atomic E-state index is -0.121. The van der Waals surface area contributed by atoms with Crippen molar-refractivity contribution in [2.45, 2.75) is 53.1 Å². The largest absolute Gasteiger partial charge is 0.466 e. The van der Waals surface area contributed by atoms with Crippen LogP contribution in [0.5, 0.6) is 0 Å². The highest BCUT2D eigenvalue weighted by Gasteiger charge is 2.12. The van der Waals surface area contributed by atoms with Crippen molar-refractivity contribution in [3.05, 3.63) is 0 Å². The summed E-state index contributed by atoms with van der Waals surface area (Å²) in [7, 11) is 0. The number of rotatable bonds is 9. The maximum absolute atomic E-state index is 11.1. The maximum Gasteiger partial charge on any atom is 0.307 e. The number of ether oxygens (including phenoxy) is 1. The summed E-state index contributed by atoms with van der Waals surface area (Å²) in [4.78, 5) is 13.5. The maximum atomic E-state index is 11.1. The van der Waals surface area contributed by atoms with Gasteiger partial charge >= 0.3 is 5.97 Å². The molecule has 0 aliphatic carbocycles. The molecule has 0 aromatic carbocycles. The highest BCUT2D eigenvalue weighted by molar-refractivity contribution is 5.69. The van der Waals surface area contributed by atoms with Gasteiger partial charge in [0, 0.05) is 31.7 Å². The van der Waals surface area contributed by atoms with E-state index in [1.807, 2.05) is 6.92 Å². The van der Waals surface area contributed by atoms with Gasteiger partial charge in [-0.15, -0.1) is 0 Å². The van der Waals surface area contributed by atoms with Gasteiger partial charge in [-0.05, 0) is 34.6 Å². The van der Waals surface area contributed by atoms with Gasteiger partial charge in [0.05, 0.1) is 13.0 Å². The van der Waals surface area contributed by atoms with Crippen molar-refractivity contribution in [3.63, 3.8) is 0 Å². The van der Waals surface area contributed by atoms with Gasteiger partial charge in [-0.3, -0.25) is 9.69 Å². The zero-order chi connectivity index (χ0) is 13.3. The molecule has 0 aromatic rings. The third-order valence-corrected chi connectivity index (χ3v) is 2.68. The van der Waals surface area contributed by atoms with Crippen LogP contribution in [-0.4, -0.2) is 49.2 Å². The molecule has 4 nitrogen and oxygen atoms in total. The van der Waals surface area contributed by atoms with Gasteiger partial charge in [0.2, 0.25) is 0 Å². The molecule has 0 aromatic heterocycles. The minimum absolute atomic E-state index is 0.121. The van der Waals surface area contributed by atoms with Crippen LogP contribution in [0.1, 0.15) is 41.0 Å². The van der Waals surface area contributed by atoms with E-state index in [0.29, 0.717) is 31.7 Å². The van der Waals surface area contributed by atoms with E-state index in [4.69, 9.17) is 4.74 Å². The van der Waals surface area contributed by atoms with Crippen LogP contribution < -0.4 is 5.32 Å². The zero-order valence-corrected chi connectivity index (χ0v) is 12.0. The summed E-state index contributed by atoms with van der Waals surface area (Å²) >= 11 is 0. The molecule has 0 aliphatic heterocycles. The van der Waals surface area contributed by atoms with Crippen molar-refractivity contribution in [1.29, 1.82) is 0 Å².